The number of hydrogen-bond donors (Lipinski definition) is 0. The summed E-state index contributed by atoms with van der Waals surface area (Å²) in [6, 6.07) is 0. The lowest BCUT2D eigenvalue weighted by Gasteiger charge is -2.00. The molecule has 0 amide bonds. The summed E-state index contributed by atoms with van der Waals surface area (Å²) in [5, 5.41) is 0. The molecule has 2 heteroatoms. The van der Waals surface area contributed by atoms with Crippen LogP contribution in [0.5, 0.6) is 0 Å². The monoisotopic (exact) mass is 282 g/mol. The third-order valence-electron chi connectivity index (χ3n) is 3.45. The van der Waals surface area contributed by atoms with Crippen molar-refractivity contribution in [2.24, 2.45) is 0 Å². The lowest BCUT2D eigenvalue weighted by molar-refractivity contribution is -0.143. The van der Waals surface area contributed by atoms with Gasteiger partial charge >= 0.3 is 5.97 Å². The average molecular weight is 282 g/mol. The first-order chi connectivity index (χ1) is 9.81. The minimum absolute atomic E-state index is 0.0499. The Labute approximate surface area is 126 Å². The highest BCUT2D eigenvalue weighted by Gasteiger charge is 1.99. The number of carbonyl (C=O) groups is 1. The molecule has 118 valence electrons. The summed E-state index contributed by atoms with van der Waals surface area (Å²) < 4.78 is 4.90. The van der Waals surface area contributed by atoms with Gasteiger partial charge in [-0.3, -0.25) is 4.79 Å². The van der Waals surface area contributed by atoms with Crippen LogP contribution in [0.25, 0.3) is 0 Å². The summed E-state index contributed by atoms with van der Waals surface area (Å²) in [4.78, 5) is 11.1. The summed E-state index contributed by atoms with van der Waals surface area (Å²) >= 11 is 0. The molecule has 0 aliphatic heterocycles. The molecule has 2 nitrogen and oxygen atoms in total. The Kier molecular flexibility index (Phi) is 15.6. The molecule has 20 heavy (non-hydrogen) atoms. The summed E-state index contributed by atoms with van der Waals surface area (Å²) in [6.45, 7) is 4.61. The van der Waals surface area contributed by atoms with E-state index in [2.05, 4.69) is 19.1 Å². The molecular weight excluding hydrogens is 248 g/mol. The van der Waals surface area contributed by atoms with Gasteiger partial charge in [0.25, 0.3) is 0 Å². The molecule has 0 radical (unpaired) electrons. The fourth-order valence-electron chi connectivity index (χ4n) is 2.22. The van der Waals surface area contributed by atoms with E-state index in [1.165, 1.54) is 51.4 Å². The lowest BCUT2D eigenvalue weighted by Crippen LogP contribution is -2.02. The fraction of sp³-hybridized carbons (Fsp3) is 0.833. The topological polar surface area (TPSA) is 26.3 Å². The molecule has 0 N–H and O–H groups in total. The maximum absolute atomic E-state index is 11.1. The number of hydrogen-bond acceptors (Lipinski definition) is 2. The molecule has 0 bridgehead atoms. The SMILES string of the molecule is CCCCCCCC/C=C\CCCCCC(=O)OCC. The first-order valence-electron chi connectivity index (χ1n) is 8.61. The van der Waals surface area contributed by atoms with Gasteiger partial charge in [-0.25, -0.2) is 0 Å². The summed E-state index contributed by atoms with van der Waals surface area (Å²) in [6.07, 6.45) is 19.1. The Balaban J connectivity index is 3.14. The predicted molar refractivity (Wildman–Crippen MR) is 86.9 cm³/mol. The molecular formula is C18H34O2. The normalized spacial score (nSPS) is 11.1. The summed E-state index contributed by atoms with van der Waals surface area (Å²) in [5.41, 5.74) is 0. The van der Waals surface area contributed by atoms with Crippen LogP contribution < -0.4 is 0 Å². The second-order valence-electron chi connectivity index (χ2n) is 5.43. The van der Waals surface area contributed by atoms with Crippen molar-refractivity contribution in [2.45, 2.75) is 90.9 Å². The van der Waals surface area contributed by atoms with E-state index in [0.29, 0.717) is 13.0 Å². The number of ether oxygens (including phenoxy) is 1. The van der Waals surface area contributed by atoms with Crippen molar-refractivity contribution in [1.82, 2.24) is 0 Å². The van der Waals surface area contributed by atoms with Crippen LogP contribution in [0.2, 0.25) is 0 Å². The Bertz CT molecular complexity index is 234. The van der Waals surface area contributed by atoms with Gasteiger partial charge in [-0.2, -0.15) is 0 Å². The van der Waals surface area contributed by atoms with Crippen LogP contribution in [0.3, 0.4) is 0 Å². The van der Waals surface area contributed by atoms with Crippen LogP contribution in [0.1, 0.15) is 90.9 Å². The summed E-state index contributed by atoms with van der Waals surface area (Å²) in [5.74, 6) is -0.0499. The van der Waals surface area contributed by atoms with Crippen LogP contribution >= 0.6 is 0 Å². The molecule has 0 aliphatic rings. The van der Waals surface area contributed by atoms with E-state index in [0.717, 1.165) is 19.3 Å². The first kappa shape index (κ1) is 19.2. The molecule has 0 unspecified atom stereocenters. The van der Waals surface area contributed by atoms with Gasteiger partial charge in [0.15, 0.2) is 0 Å². The Morgan fingerprint density at radius 1 is 0.800 bits per heavy atom. The number of carbonyl (C=O) groups excluding carboxylic acids is 1. The molecule has 0 fully saturated rings. The van der Waals surface area contributed by atoms with Gasteiger partial charge in [0.1, 0.15) is 0 Å². The second kappa shape index (κ2) is 16.3. The zero-order valence-corrected chi connectivity index (χ0v) is 13.7. The third kappa shape index (κ3) is 15.3. The quantitative estimate of drug-likeness (QED) is 0.228. The highest BCUT2D eigenvalue weighted by molar-refractivity contribution is 5.69. The standard InChI is InChI=1S/C18H34O2/c1-3-5-6-7-8-9-10-11-12-13-14-15-16-17-18(19)20-4-2/h11-12H,3-10,13-17H2,1-2H3/b12-11-. The van der Waals surface area contributed by atoms with E-state index >= 15 is 0 Å². The van der Waals surface area contributed by atoms with Crippen molar-refractivity contribution in [3.8, 4) is 0 Å². The van der Waals surface area contributed by atoms with Crippen molar-refractivity contribution >= 4 is 5.97 Å². The maximum atomic E-state index is 11.1. The van der Waals surface area contributed by atoms with Crippen molar-refractivity contribution in [3.05, 3.63) is 12.2 Å². The lowest BCUT2D eigenvalue weighted by atomic mass is 10.1. The number of esters is 1. The number of rotatable bonds is 14. The first-order valence-corrected chi connectivity index (χ1v) is 8.61. The predicted octanol–water partition coefficient (Wildman–Crippen LogP) is 5.81. The van der Waals surface area contributed by atoms with Gasteiger partial charge < -0.3 is 4.74 Å². The van der Waals surface area contributed by atoms with Gasteiger partial charge in [0, 0.05) is 6.42 Å². The molecule has 0 heterocycles. The largest absolute Gasteiger partial charge is 0.466 e. The van der Waals surface area contributed by atoms with Crippen molar-refractivity contribution in [1.29, 1.82) is 0 Å². The number of unbranched alkanes of at least 4 members (excludes halogenated alkanes) is 9. The van der Waals surface area contributed by atoms with Crippen LogP contribution in [0.15, 0.2) is 12.2 Å². The molecule has 0 aromatic carbocycles. The maximum Gasteiger partial charge on any atom is 0.305 e. The van der Waals surface area contributed by atoms with E-state index in [4.69, 9.17) is 4.74 Å². The van der Waals surface area contributed by atoms with E-state index in [-0.39, 0.29) is 5.97 Å². The molecule has 0 aliphatic carbocycles. The molecule has 0 rings (SSSR count). The molecule has 0 aromatic heterocycles. The smallest absolute Gasteiger partial charge is 0.305 e. The Morgan fingerprint density at radius 3 is 1.95 bits per heavy atom. The van der Waals surface area contributed by atoms with Crippen molar-refractivity contribution in [2.75, 3.05) is 6.61 Å². The van der Waals surface area contributed by atoms with Crippen LogP contribution in [0, 0.1) is 0 Å². The van der Waals surface area contributed by atoms with Gasteiger partial charge in [0.05, 0.1) is 6.61 Å². The van der Waals surface area contributed by atoms with E-state index in [1.807, 2.05) is 6.92 Å². The van der Waals surface area contributed by atoms with E-state index in [1.54, 1.807) is 0 Å². The molecule has 0 saturated carbocycles. The Hall–Kier alpha value is -0.790. The highest BCUT2D eigenvalue weighted by Crippen LogP contribution is 2.08. The van der Waals surface area contributed by atoms with Crippen LogP contribution in [0.4, 0.5) is 0 Å². The molecule has 0 spiro atoms. The van der Waals surface area contributed by atoms with Crippen molar-refractivity contribution < 1.29 is 9.53 Å². The molecule has 0 saturated heterocycles. The van der Waals surface area contributed by atoms with Crippen molar-refractivity contribution in [3.63, 3.8) is 0 Å². The van der Waals surface area contributed by atoms with Gasteiger partial charge in [-0.05, 0) is 39.0 Å². The zero-order valence-electron chi connectivity index (χ0n) is 13.7. The number of allylic oxidation sites excluding steroid dienone is 2. The van der Waals surface area contributed by atoms with Gasteiger partial charge in [-0.1, -0.05) is 57.6 Å². The van der Waals surface area contributed by atoms with E-state index in [9.17, 15) is 4.79 Å². The highest BCUT2D eigenvalue weighted by atomic mass is 16.5. The fourth-order valence-corrected chi connectivity index (χ4v) is 2.22. The second-order valence-corrected chi connectivity index (χ2v) is 5.43. The van der Waals surface area contributed by atoms with E-state index < -0.39 is 0 Å². The summed E-state index contributed by atoms with van der Waals surface area (Å²) in [7, 11) is 0. The minimum atomic E-state index is -0.0499. The molecule has 0 aromatic rings. The Morgan fingerprint density at radius 2 is 1.35 bits per heavy atom. The average Bonchev–Trinajstić information content (AvgIpc) is 2.44. The zero-order chi connectivity index (χ0) is 14.9. The molecule has 0 atom stereocenters. The minimum Gasteiger partial charge on any atom is -0.466 e. The van der Waals surface area contributed by atoms with Gasteiger partial charge in [0.2, 0.25) is 0 Å². The third-order valence-corrected chi connectivity index (χ3v) is 3.45. The van der Waals surface area contributed by atoms with Crippen LogP contribution in [-0.4, -0.2) is 12.6 Å². The van der Waals surface area contributed by atoms with Gasteiger partial charge in [-0.15, -0.1) is 0 Å². The van der Waals surface area contributed by atoms with Crippen LogP contribution in [-0.2, 0) is 9.53 Å².